The molecule has 1 aliphatic rings. The minimum atomic E-state index is -0.0134. The first-order valence-corrected chi connectivity index (χ1v) is 21.8. The Kier molecular flexibility index (Phi) is 8.67. The highest BCUT2D eigenvalue weighted by Crippen LogP contribution is 2.49. The summed E-state index contributed by atoms with van der Waals surface area (Å²) in [6, 6.07) is 63.6. The third kappa shape index (κ3) is 5.69. The van der Waals surface area contributed by atoms with Crippen molar-refractivity contribution in [3.63, 3.8) is 0 Å². The summed E-state index contributed by atoms with van der Waals surface area (Å²) in [6.45, 7) is 9.35. The van der Waals surface area contributed by atoms with Crippen molar-refractivity contribution in [2.45, 2.75) is 65.2 Å². The number of rotatable bonds is 6. The Labute approximate surface area is 353 Å². The Morgan fingerprint density at radius 3 is 1.13 bits per heavy atom. The molecule has 0 aliphatic heterocycles. The predicted molar refractivity (Wildman–Crippen MR) is 255 cm³/mol. The average molecular weight is 775 g/mol. The summed E-state index contributed by atoms with van der Waals surface area (Å²) in [7, 11) is 0. The third-order valence-corrected chi connectivity index (χ3v) is 13.8. The van der Waals surface area contributed by atoms with Crippen molar-refractivity contribution >= 4 is 43.6 Å². The zero-order chi connectivity index (χ0) is 40.5. The minimum Gasteiger partial charge on any atom is -0.309 e. The summed E-state index contributed by atoms with van der Waals surface area (Å²) < 4.78 is 4.81. The summed E-state index contributed by atoms with van der Waals surface area (Å²) in [4.78, 5) is 0. The van der Waals surface area contributed by atoms with E-state index in [1.165, 1.54) is 143 Å². The Morgan fingerprint density at radius 2 is 0.717 bits per heavy atom. The zero-order valence-electron chi connectivity index (χ0n) is 35.1. The first-order chi connectivity index (χ1) is 29.4. The average Bonchev–Trinajstić information content (AvgIpc) is 3.79. The lowest BCUT2D eigenvalue weighted by Gasteiger charge is -2.40. The van der Waals surface area contributed by atoms with Gasteiger partial charge in [-0.15, -0.1) is 0 Å². The molecule has 0 atom stereocenters. The van der Waals surface area contributed by atoms with E-state index in [1.807, 2.05) is 0 Å². The van der Waals surface area contributed by atoms with Crippen LogP contribution in [0.2, 0.25) is 0 Å². The highest BCUT2D eigenvalue weighted by Gasteiger charge is 2.37. The Balaban J connectivity index is 1.00. The molecule has 10 aromatic rings. The second kappa shape index (κ2) is 14.3. The van der Waals surface area contributed by atoms with Crippen LogP contribution in [0.5, 0.6) is 0 Å². The van der Waals surface area contributed by atoms with E-state index in [9.17, 15) is 0 Å². The van der Waals surface area contributed by atoms with Crippen LogP contribution >= 0.6 is 0 Å². The van der Waals surface area contributed by atoms with Gasteiger partial charge in [-0.25, -0.2) is 0 Å². The van der Waals surface area contributed by atoms with E-state index in [4.69, 9.17) is 0 Å². The number of fused-ring (bicyclic) bond motifs is 6. The molecule has 1 saturated carbocycles. The highest BCUT2D eigenvalue weighted by atomic mass is 15.0. The summed E-state index contributed by atoms with van der Waals surface area (Å²) in [5, 5.41) is 5.18. The second-order valence-electron chi connectivity index (χ2n) is 17.5. The predicted octanol–water partition coefficient (Wildman–Crippen LogP) is 15.7. The number of nitrogens with zero attached hydrogens (tertiary/aromatic N) is 2. The van der Waals surface area contributed by atoms with Gasteiger partial charge in [0.25, 0.3) is 0 Å². The van der Waals surface area contributed by atoms with Gasteiger partial charge in [-0.3, -0.25) is 0 Å². The van der Waals surface area contributed by atoms with Crippen molar-refractivity contribution in [2.24, 2.45) is 0 Å². The van der Waals surface area contributed by atoms with Gasteiger partial charge < -0.3 is 9.13 Å². The van der Waals surface area contributed by atoms with Crippen molar-refractivity contribution in [3.05, 3.63) is 203 Å². The normalized spacial score (nSPS) is 14.1. The van der Waals surface area contributed by atoms with Crippen molar-refractivity contribution in [1.82, 2.24) is 9.13 Å². The molecule has 0 unspecified atom stereocenters. The molecule has 2 heterocycles. The molecule has 1 aliphatic carbocycles. The third-order valence-electron chi connectivity index (χ3n) is 13.8. The van der Waals surface area contributed by atoms with Gasteiger partial charge in [0.05, 0.1) is 22.1 Å². The lowest BCUT2D eigenvalue weighted by atomic mass is 9.64. The minimum absolute atomic E-state index is 0.0134. The molecule has 0 spiro atoms. The van der Waals surface area contributed by atoms with E-state index in [0.29, 0.717) is 0 Å². The van der Waals surface area contributed by atoms with Crippen LogP contribution in [0.4, 0.5) is 0 Å². The number of aromatic nitrogens is 2. The SMILES string of the molecule is Cc1cc(C2(c3cc(C)c(-c4ccc5c(c4)c4ccccc4n5-c4ccccc4)c(C)c3)CCCCC2)cc(C)c1-c1ccc2c(c1)c1ccccc1n2-c1ccccc1. The second-order valence-corrected chi connectivity index (χ2v) is 17.5. The first kappa shape index (κ1) is 36.4. The maximum absolute atomic E-state index is 2.54. The Bertz CT molecular complexity index is 3000. The van der Waals surface area contributed by atoms with Crippen LogP contribution in [-0.4, -0.2) is 9.13 Å². The van der Waals surface area contributed by atoms with E-state index < -0.39 is 0 Å². The Morgan fingerprint density at radius 1 is 0.350 bits per heavy atom. The van der Waals surface area contributed by atoms with Gasteiger partial charge in [0.2, 0.25) is 0 Å². The maximum atomic E-state index is 2.54. The first-order valence-electron chi connectivity index (χ1n) is 21.8. The number of hydrogen-bond donors (Lipinski definition) is 0. The van der Waals surface area contributed by atoms with Crippen molar-refractivity contribution in [3.8, 4) is 33.6 Å². The topological polar surface area (TPSA) is 9.86 Å². The molecule has 2 nitrogen and oxygen atoms in total. The standard InChI is InChI=1S/C58H50N2/c1-38-32-44(33-39(2)56(38)42-26-28-54-50(36-42)48-22-12-14-24-52(48)59(54)46-18-8-5-9-19-46)58(30-16-7-17-31-58)45-34-40(3)57(41(4)35-45)43-27-29-55-51(37-43)49-23-13-15-25-53(49)60(55)47-20-10-6-11-21-47/h5-6,8-15,18-29,32-37H,7,16-17,30-31H2,1-4H3. The van der Waals surface area contributed by atoms with E-state index >= 15 is 0 Å². The molecule has 11 rings (SSSR count). The maximum Gasteiger partial charge on any atom is 0.0541 e. The molecule has 2 heteroatoms. The molecule has 0 N–H and O–H groups in total. The van der Waals surface area contributed by atoms with Crippen molar-refractivity contribution in [2.75, 3.05) is 0 Å². The van der Waals surface area contributed by atoms with Crippen LogP contribution in [0.1, 0.15) is 65.5 Å². The van der Waals surface area contributed by atoms with Gasteiger partial charge in [-0.1, -0.05) is 128 Å². The van der Waals surface area contributed by atoms with Gasteiger partial charge >= 0.3 is 0 Å². The number of para-hydroxylation sites is 4. The van der Waals surface area contributed by atoms with Crippen LogP contribution in [0.15, 0.2) is 170 Å². The van der Waals surface area contributed by atoms with Crippen LogP contribution in [0, 0.1) is 27.7 Å². The summed E-state index contributed by atoms with van der Waals surface area (Å²) in [6.07, 6.45) is 6.17. The fraction of sp³-hybridized carbons (Fsp3) is 0.172. The smallest absolute Gasteiger partial charge is 0.0541 e. The fourth-order valence-electron chi connectivity index (χ4n) is 11.3. The lowest BCUT2D eigenvalue weighted by Crippen LogP contribution is -2.31. The molecular formula is C58H50N2. The molecule has 8 aromatic carbocycles. The van der Waals surface area contributed by atoms with Crippen LogP contribution in [0.25, 0.3) is 77.2 Å². The van der Waals surface area contributed by atoms with E-state index in [-0.39, 0.29) is 5.41 Å². The van der Waals surface area contributed by atoms with Gasteiger partial charge in [0.15, 0.2) is 0 Å². The van der Waals surface area contributed by atoms with E-state index in [2.05, 4.69) is 207 Å². The molecule has 0 saturated heterocycles. The molecular weight excluding hydrogens is 725 g/mol. The zero-order valence-corrected chi connectivity index (χ0v) is 35.1. The monoisotopic (exact) mass is 774 g/mol. The summed E-state index contributed by atoms with van der Waals surface area (Å²) >= 11 is 0. The fourth-order valence-corrected chi connectivity index (χ4v) is 11.3. The lowest BCUT2D eigenvalue weighted by molar-refractivity contribution is 0.345. The quantitative estimate of drug-likeness (QED) is 0.159. The van der Waals surface area contributed by atoms with Crippen molar-refractivity contribution < 1.29 is 0 Å². The summed E-state index contributed by atoms with van der Waals surface area (Å²) in [5.74, 6) is 0. The van der Waals surface area contributed by atoms with Gasteiger partial charge in [0.1, 0.15) is 0 Å². The molecule has 292 valence electrons. The van der Waals surface area contributed by atoms with Crippen molar-refractivity contribution in [1.29, 1.82) is 0 Å². The largest absolute Gasteiger partial charge is 0.309 e. The van der Waals surface area contributed by atoms with Crippen LogP contribution < -0.4 is 0 Å². The molecule has 0 radical (unpaired) electrons. The molecule has 0 bridgehead atoms. The van der Waals surface area contributed by atoms with E-state index in [1.54, 1.807) is 0 Å². The molecule has 60 heavy (non-hydrogen) atoms. The van der Waals surface area contributed by atoms with Crippen LogP contribution in [0.3, 0.4) is 0 Å². The van der Waals surface area contributed by atoms with Gasteiger partial charge in [-0.2, -0.15) is 0 Å². The van der Waals surface area contributed by atoms with E-state index in [0.717, 1.165) is 0 Å². The molecule has 0 amide bonds. The number of aryl methyl sites for hydroxylation is 4. The van der Waals surface area contributed by atoms with Crippen LogP contribution in [-0.2, 0) is 5.41 Å². The van der Waals surface area contributed by atoms with Gasteiger partial charge in [-0.05, 0) is 157 Å². The molecule has 2 aromatic heterocycles. The Hall–Kier alpha value is -6.64. The highest BCUT2D eigenvalue weighted by molar-refractivity contribution is 6.11. The van der Waals surface area contributed by atoms with Gasteiger partial charge in [0, 0.05) is 38.3 Å². The number of benzene rings is 8. The summed E-state index contributed by atoms with van der Waals surface area (Å²) in [5.41, 5.74) is 21.0. The molecule has 1 fully saturated rings. The number of hydrogen-bond acceptors (Lipinski definition) is 0.